The molecule has 2 atom stereocenters. The Labute approximate surface area is 121 Å². The molecule has 1 fully saturated rings. The minimum Gasteiger partial charge on any atom is -0.370 e. The maximum absolute atomic E-state index is 13.5. The molecule has 1 heterocycles. The van der Waals surface area contributed by atoms with Gasteiger partial charge in [-0.25, -0.2) is 8.78 Å². The van der Waals surface area contributed by atoms with Crippen molar-refractivity contribution in [3.05, 3.63) is 35.4 Å². The molecule has 3 nitrogen and oxygen atoms in total. The fourth-order valence-electron chi connectivity index (χ4n) is 2.30. The fourth-order valence-corrected chi connectivity index (χ4v) is 2.47. The average molecular weight is 304 g/mol. The Morgan fingerprint density at radius 1 is 1.40 bits per heavy atom. The van der Waals surface area contributed by atoms with Gasteiger partial charge >= 0.3 is 0 Å². The summed E-state index contributed by atoms with van der Waals surface area (Å²) in [5.74, 6) is -1.44. The Hall–Kier alpha value is -1.20. The van der Waals surface area contributed by atoms with Gasteiger partial charge in [0.2, 0.25) is 5.91 Å². The van der Waals surface area contributed by atoms with E-state index in [1.54, 1.807) is 4.90 Å². The first-order valence-electron chi connectivity index (χ1n) is 6.43. The third kappa shape index (κ3) is 3.46. The number of alkyl halides is 1. The van der Waals surface area contributed by atoms with Crippen LogP contribution in [0.1, 0.15) is 12.5 Å². The van der Waals surface area contributed by atoms with E-state index >= 15 is 0 Å². The molecule has 2 rings (SSSR count). The summed E-state index contributed by atoms with van der Waals surface area (Å²) in [7, 11) is 0. The molecule has 0 saturated carbocycles. The summed E-state index contributed by atoms with van der Waals surface area (Å²) in [6.07, 6.45) is -0.669. The highest BCUT2D eigenvalue weighted by Gasteiger charge is 2.28. The maximum atomic E-state index is 13.5. The average Bonchev–Trinajstić information content (AvgIpc) is 2.42. The molecule has 0 radical (unpaired) electrons. The van der Waals surface area contributed by atoms with Crippen molar-refractivity contribution in [2.75, 3.05) is 19.0 Å². The summed E-state index contributed by atoms with van der Waals surface area (Å²) < 4.78 is 32.6. The van der Waals surface area contributed by atoms with Crippen LogP contribution in [0.5, 0.6) is 0 Å². The Morgan fingerprint density at radius 2 is 2.05 bits per heavy atom. The number of nitrogens with zero attached hydrogens (tertiary/aromatic N) is 1. The summed E-state index contributed by atoms with van der Waals surface area (Å²) in [4.78, 5) is 13.7. The molecule has 1 aromatic carbocycles. The largest absolute Gasteiger partial charge is 0.370 e. The highest BCUT2D eigenvalue weighted by molar-refractivity contribution is 6.18. The fraction of sp³-hybridized carbons (Fsp3) is 0.500. The minimum atomic E-state index is -0.700. The Bertz CT molecular complexity index is 478. The lowest BCUT2D eigenvalue weighted by Crippen LogP contribution is -2.50. The molecule has 0 bridgehead atoms. The van der Waals surface area contributed by atoms with Gasteiger partial charge in [0.15, 0.2) is 0 Å². The van der Waals surface area contributed by atoms with Crippen LogP contribution < -0.4 is 0 Å². The zero-order valence-corrected chi connectivity index (χ0v) is 11.9. The van der Waals surface area contributed by atoms with E-state index < -0.39 is 11.6 Å². The summed E-state index contributed by atoms with van der Waals surface area (Å²) in [6, 6.07) is 3.57. The van der Waals surface area contributed by atoms with E-state index in [1.807, 2.05) is 6.92 Å². The predicted molar refractivity (Wildman–Crippen MR) is 71.7 cm³/mol. The monoisotopic (exact) mass is 303 g/mol. The van der Waals surface area contributed by atoms with E-state index in [4.69, 9.17) is 16.3 Å². The molecular formula is C14H16ClF2NO2. The molecule has 0 aromatic heterocycles. The van der Waals surface area contributed by atoms with Crippen LogP contribution in [0.15, 0.2) is 18.2 Å². The van der Waals surface area contributed by atoms with Gasteiger partial charge < -0.3 is 9.64 Å². The second-order valence-corrected chi connectivity index (χ2v) is 5.21. The van der Waals surface area contributed by atoms with Crippen molar-refractivity contribution < 1.29 is 18.3 Å². The van der Waals surface area contributed by atoms with Crippen molar-refractivity contribution in [1.29, 1.82) is 0 Å². The van der Waals surface area contributed by atoms with Gasteiger partial charge in [0, 0.05) is 18.7 Å². The van der Waals surface area contributed by atoms with Crippen molar-refractivity contribution in [2.24, 2.45) is 0 Å². The lowest BCUT2D eigenvalue weighted by Gasteiger charge is -2.36. The number of amides is 1. The smallest absolute Gasteiger partial charge is 0.227 e. The number of hydrogen-bond donors (Lipinski definition) is 0. The molecule has 6 heteroatoms. The number of carbonyl (C=O) groups excluding carboxylic acids is 1. The number of rotatable bonds is 3. The van der Waals surface area contributed by atoms with Crippen LogP contribution in [0.4, 0.5) is 8.78 Å². The first-order valence-corrected chi connectivity index (χ1v) is 6.96. The topological polar surface area (TPSA) is 29.5 Å². The molecule has 0 spiro atoms. The van der Waals surface area contributed by atoms with E-state index in [2.05, 4.69) is 0 Å². The second-order valence-electron chi connectivity index (χ2n) is 4.90. The maximum Gasteiger partial charge on any atom is 0.227 e. The normalized spacial score (nSPS) is 22.9. The van der Waals surface area contributed by atoms with Crippen LogP contribution in [0, 0.1) is 11.6 Å². The van der Waals surface area contributed by atoms with Gasteiger partial charge in [-0.1, -0.05) is 6.07 Å². The Balaban J connectivity index is 2.08. The summed E-state index contributed by atoms with van der Waals surface area (Å²) >= 11 is 5.74. The number of benzene rings is 1. The van der Waals surface area contributed by atoms with E-state index in [9.17, 15) is 13.6 Å². The highest BCUT2D eigenvalue weighted by Crippen LogP contribution is 2.17. The molecule has 1 aliphatic rings. The standard InChI is InChI=1S/C14H16ClF2NO2/c1-9-7-18(8-10(6-15)20-9)14(19)5-11-12(16)3-2-4-13(11)17/h2-4,9-10H,5-8H2,1H3. The summed E-state index contributed by atoms with van der Waals surface area (Å²) in [5, 5.41) is 0. The van der Waals surface area contributed by atoms with Crippen molar-refractivity contribution >= 4 is 17.5 Å². The number of morpholine rings is 1. The van der Waals surface area contributed by atoms with Gasteiger partial charge in [0.05, 0.1) is 24.5 Å². The molecule has 1 aliphatic heterocycles. The molecule has 20 heavy (non-hydrogen) atoms. The number of halogens is 3. The van der Waals surface area contributed by atoms with Gasteiger partial charge in [0.25, 0.3) is 0 Å². The molecule has 2 unspecified atom stereocenters. The van der Waals surface area contributed by atoms with Crippen LogP contribution in [0.2, 0.25) is 0 Å². The molecule has 0 N–H and O–H groups in total. The van der Waals surface area contributed by atoms with Crippen molar-refractivity contribution in [3.8, 4) is 0 Å². The molecule has 0 aliphatic carbocycles. The first kappa shape index (κ1) is 15.2. The quantitative estimate of drug-likeness (QED) is 0.802. The van der Waals surface area contributed by atoms with Gasteiger partial charge in [-0.05, 0) is 19.1 Å². The summed E-state index contributed by atoms with van der Waals surface area (Å²) in [6.45, 7) is 2.59. The van der Waals surface area contributed by atoms with Crippen LogP contribution in [-0.4, -0.2) is 42.0 Å². The number of hydrogen-bond acceptors (Lipinski definition) is 2. The van der Waals surface area contributed by atoms with Crippen LogP contribution in [0.25, 0.3) is 0 Å². The molecule has 1 aromatic rings. The van der Waals surface area contributed by atoms with Gasteiger partial charge in [-0.15, -0.1) is 11.6 Å². The van der Waals surface area contributed by atoms with Crippen molar-refractivity contribution in [2.45, 2.75) is 25.6 Å². The van der Waals surface area contributed by atoms with E-state index in [1.165, 1.54) is 6.07 Å². The van der Waals surface area contributed by atoms with Crippen molar-refractivity contribution in [3.63, 3.8) is 0 Å². The van der Waals surface area contributed by atoms with Crippen LogP contribution in [-0.2, 0) is 16.0 Å². The number of ether oxygens (including phenoxy) is 1. The van der Waals surface area contributed by atoms with Crippen molar-refractivity contribution in [1.82, 2.24) is 4.90 Å². The SMILES string of the molecule is CC1CN(C(=O)Cc2c(F)cccc2F)CC(CCl)O1. The van der Waals surface area contributed by atoms with E-state index in [0.717, 1.165) is 12.1 Å². The molecule has 1 amide bonds. The van der Waals surface area contributed by atoms with E-state index in [0.29, 0.717) is 13.1 Å². The second kappa shape index (κ2) is 6.50. The number of carbonyl (C=O) groups is 1. The van der Waals surface area contributed by atoms with Gasteiger partial charge in [-0.3, -0.25) is 4.79 Å². The Kier molecular flexibility index (Phi) is 4.94. The molecule has 110 valence electrons. The van der Waals surface area contributed by atoms with Crippen LogP contribution >= 0.6 is 11.6 Å². The third-order valence-electron chi connectivity index (χ3n) is 3.24. The zero-order chi connectivity index (χ0) is 14.7. The van der Waals surface area contributed by atoms with Gasteiger partial charge in [0.1, 0.15) is 11.6 Å². The van der Waals surface area contributed by atoms with Crippen LogP contribution in [0.3, 0.4) is 0 Å². The Morgan fingerprint density at radius 3 is 2.65 bits per heavy atom. The van der Waals surface area contributed by atoms with E-state index in [-0.39, 0.29) is 36.0 Å². The molecule has 1 saturated heterocycles. The third-order valence-corrected chi connectivity index (χ3v) is 3.58. The lowest BCUT2D eigenvalue weighted by molar-refractivity contribution is -0.142. The molecular weight excluding hydrogens is 288 g/mol. The van der Waals surface area contributed by atoms with Gasteiger partial charge in [-0.2, -0.15) is 0 Å². The first-order chi connectivity index (χ1) is 9.51. The summed E-state index contributed by atoms with van der Waals surface area (Å²) in [5.41, 5.74) is -0.195. The lowest BCUT2D eigenvalue weighted by atomic mass is 10.1. The zero-order valence-electron chi connectivity index (χ0n) is 11.1. The highest BCUT2D eigenvalue weighted by atomic mass is 35.5. The predicted octanol–water partition coefficient (Wildman–Crippen LogP) is 2.36. The minimum absolute atomic E-state index is 0.137.